The summed E-state index contributed by atoms with van der Waals surface area (Å²) in [6.45, 7) is 13.9. The molecule has 0 aromatic heterocycles. The van der Waals surface area contributed by atoms with Crippen molar-refractivity contribution in [1.29, 1.82) is 0 Å². The van der Waals surface area contributed by atoms with E-state index < -0.39 is 0 Å². The Morgan fingerprint density at radius 2 is 0.477 bits per heavy atom. The first-order valence-electron chi connectivity index (χ1n) is 30.0. The first kappa shape index (κ1) is 50.6. The van der Waals surface area contributed by atoms with Crippen molar-refractivity contribution >= 4 is 129 Å². The average molecular weight is 1110 g/mol. The van der Waals surface area contributed by atoms with E-state index in [-0.39, 0.29) is 10.8 Å². The van der Waals surface area contributed by atoms with Crippen LogP contribution in [0, 0.1) is 0 Å². The van der Waals surface area contributed by atoms with Gasteiger partial charge < -0.3 is 18.9 Å². The molecule has 0 heterocycles. The maximum absolute atomic E-state index is 5.81. The van der Waals surface area contributed by atoms with Gasteiger partial charge >= 0.3 is 0 Å². The topological polar surface area (TPSA) is 36.9 Å². The van der Waals surface area contributed by atoms with E-state index in [0.29, 0.717) is 0 Å². The van der Waals surface area contributed by atoms with Crippen molar-refractivity contribution in [2.24, 2.45) is 0 Å². The molecular weight excluding hydrogens is 1050 g/mol. The predicted octanol–water partition coefficient (Wildman–Crippen LogP) is 22.6. The Morgan fingerprint density at radius 3 is 0.756 bits per heavy atom. The lowest BCUT2D eigenvalue weighted by molar-refractivity contribution is 0.415. The molecule has 0 aliphatic carbocycles. The van der Waals surface area contributed by atoms with E-state index in [1.165, 1.54) is 163 Å². The standard InChI is InChI=1S/C82H62O4/c1-81(2,3)51-33-47-37-61(43-17-25-53(83-7)26-18-43)65-41-67-73-58-14-12-16-60-72(58)74(57-13-11-15-59(71(57)73)75(67)77-63(39-49(35-51)69(47)79(65)77)45-21-29-55(85-9)30-22-45)68-42-66-62(44-19-27-54(84-8)28-20-44)38-48-34-52(82(4,5)6)36-50-40-64(46-23-31-56(86-10)32-24-46)78(76(60)68)80(66)70(48)50/h11-42H,1-10H3. The quantitative estimate of drug-likeness (QED) is 0.112. The lowest BCUT2D eigenvalue weighted by Gasteiger charge is -2.24. The molecule has 17 aromatic carbocycles. The molecule has 0 bridgehead atoms. The van der Waals surface area contributed by atoms with E-state index in [0.717, 1.165) is 45.3 Å². The molecule has 0 aliphatic heterocycles. The highest BCUT2D eigenvalue weighted by Gasteiger charge is 2.31. The van der Waals surface area contributed by atoms with Crippen molar-refractivity contribution in [3.8, 4) is 67.5 Å². The largest absolute Gasteiger partial charge is 0.497 e. The Labute approximate surface area is 499 Å². The second-order valence-corrected chi connectivity index (χ2v) is 26.1. The van der Waals surface area contributed by atoms with Gasteiger partial charge in [-0.15, -0.1) is 0 Å². The third kappa shape index (κ3) is 6.98. The second-order valence-electron chi connectivity index (χ2n) is 26.1. The van der Waals surface area contributed by atoms with E-state index in [4.69, 9.17) is 18.9 Å². The number of fused-ring (bicyclic) bond motifs is 10. The van der Waals surface area contributed by atoms with Crippen LogP contribution in [-0.4, -0.2) is 28.4 Å². The molecule has 4 nitrogen and oxygen atoms in total. The Balaban J connectivity index is 1.10. The van der Waals surface area contributed by atoms with E-state index >= 15 is 0 Å². The highest BCUT2D eigenvalue weighted by Crippen LogP contribution is 2.58. The number of hydrogen-bond donors (Lipinski definition) is 0. The molecule has 0 fully saturated rings. The molecule has 4 heteroatoms. The summed E-state index contributed by atoms with van der Waals surface area (Å²) in [5, 5.41) is 30.6. The molecule has 0 saturated heterocycles. The van der Waals surface area contributed by atoms with Crippen molar-refractivity contribution in [2.75, 3.05) is 28.4 Å². The van der Waals surface area contributed by atoms with Gasteiger partial charge in [-0.1, -0.05) is 151 Å². The third-order valence-electron chi connectivity index (χ3n) is 19.5. The smallest absolute Gasteiger partial charge is 0.118 e. The van der Waals surface area contributed by atoms with Crippen molar-refractivity contribution in [1.82, 2.24) is 0 Å². The van der Waals surface area contributed by atoms with Crippen LogP contribution < -0.4 is 18.9 Å². The number of ether oxygens (including phenoxy) is 4. The fraction of sp³-hybridized carbons (Fsp3) is 0.146. The lowest BCUT2D eigenvalue weighted by Crippen LogP contribution is -2.11. The summed E-state index contributed by atoms with van der Waals surface area (Å²) in [4.78, 5) is 0. The summed E-state index contributed by atoms with van der Waals surface area (Å²) in [7, 11) is 6.98. The van der Waals surface area contributed by atoms with Crippen LogP contribution in [0.5, 0.6) is 23.0 Å². The van der Waals surface area contributed by atoms with Crippen LogP contribution >= 0.6 is 0 Å². The van der Waals surface area contributed by atoms with Gasteiger partial charge in [0, 0.05) is 0 Å². The Kier molecular flexibility index (Phi) is 10.5. The molecular formula is C82H62O4. The van der Waals surface area contributed by atoms with Gasteiger partial charge in [0.05, 0.1) is 28.4 Å². The molecule has 0 N–H and O–H groups in total. The maximum Gasteiger partial charge on any atom is 0.118 e. The second kappa shape index (κ2) is 17.8. The number of methoxy groups -OCH3 is 4. The maximum atomic E-state index is 5.81. The summed E-state index contributed by atoms with van der Waals surface area (Å²) in [6, 6.07) is 73.9. The van der Waals surface area contributed by atoms with Gasteiger partial charge in [0.2, 0.25) is 0 Å². The first-order chi connectivity index (χ1) is 41.7. The Bertz CT molecular complexity index is 5250. The molecule has 0 aliphatic rings. The van der Waals surface area contributed by atoms with Gasteiger partial charge in [-0.2, -0.15) is 0 Å². The minimum atomic E-state index is -0.0769. The molecule has 17 aromatic rings. The highest BCUT2D eigenvalue weighted by atomic mass is 16.5. The zero-order chi connectivity index (χ0) is 58.4. The van der Waals surface area contributed by atoms with Crippen LogP contribution in [-0.2, 0) is 10.8 Å². The minimum Gasteiger partial charge on any atom is -0.497 e. The zero-order valence-electron chi connectivity index (χ0n) is 50.1. The van der Waals surface area contributed by atoms with Gasteiger partial charge in [-0.25, -0.2) is 0 Å². The van der Waals surface area contributed by atoms with Crippen molar-refractivity contribution in [3.63, 3.8) is 0 Å². The van der Waals surface area contributed by atoms with Crippen LogP contribution in [0.4, 0.5) is 0 Å². The fourth-order valence-corrected chi connectivity index (χ4v) is 15.3. The van der Waals surface area contributed by atoms with Crippen molar-refractivity contribution in [3.05, 3.63) is 205 Å². The van der Waals surface area contributed by atoms with Crippen LogP contribution in [0.2, 0.25) is 0 Å². The highest BCUT2D eigenvalue weighted by molar-refractivity contribution is 6.53. The van der Waals surface area contributed by atoms with Crippen LogP contribution in [0.1, 0.15) is 52.7 Å². The summed E-state index contributed by atoms with van der Waals surface area (Å²) in [5.41, 5.74) is 11.9. The van der Waals surface area contributed by atoms with Gasteiger partial charge in [-0.3, -0.25) is 0 Å². The monoisotopic (exact) mass is 1110 g/mol. The summed E-state index contributed by atoms with van der Waals surface area (Å²) < 4.78 is 23.2. The fourth-order valence-electron chi connectivity index (χ4n) is 15.3. The van der Waals surface area contributed by atoms with Crippen molar-refractivity contribution in [2.45, 2.75) is 52.4 Å². The van der Waals surface area contributed by atoms with E-state index in [1.807, 2.05) is 0 Å². The van der Waals surface area contributed by atoms with E-state index in [1.54, 1.807) is 28.4 Å². The average Bonchev–Trinajstić information content (AvgIpc) is 1.46. The van der Waals surface area contributed by atoms with Crippen molar-refractivity contribution < 1.29 is 18.9 Å². The molecule has 414 valence electrons. The summed E-state index contributed by atoms with van der Waals surface area (Å²) in [6.07, 6.45) is 0. The molecule has 0 amide bonds. The van der Waals surface area contributed by atoms with Crippen LogP contribution in [0.15, 0.2) is 194 Å². The molecule has 0 atom stereocenters. The van der Waals surface area contributed by atoms with Gasteiger partial charge in [0.1, 0.15) is 23.0 Å². The first-order valence-corrected chi connectivity index (χ1v) is 30.0. The molecule has 17 rings (SSSR count). The van der Waals surface area contributed by atoms with Gasteiger partial charge in [-0.05, 0) is 281 Å². The SMILES string of the molecule is COc1ccc(-c2cc3cc(C(C)(C)C)cc4cc(-c5ccc(OC)cc5)c5c6c7cccc8c7c(c6cc2c5c34)c2cccc3c4c(cc5c(-c6ccc(OC)cc6)cc6cc(C(C)(C)C)cc7cc(-c9ccc(OC)cc9)c4c5c67)c8c32)cc1. The molecule has 0 spiro atoms. The number of benzene rings is 15. The number of rotatable bonds is 8. The lowest BCUT2D eigenvalue weighted by atomic mass is 9.80. The molecule has 0 saturated carbocycles. The van der Waals surface area contributed by atoms with E-state index in [2.05, 4.69) is 236 Å². The third-order valence-corrected chi connectivity index (χ3v) is 19.5. The van der Waals surface area contributed by atoms with Crippen LogP contribution in [0.25, 0.3) is 174 Å². The van der Waals surface area contributed by atoms with Gasteiger partial charge in [0.15, 0.2) is 0 Å². The molecule has 86 heavy (non-hydrogen) atoms. The minimum absolute atomic E-state index is 0.0769. The Morgan fingerprint density at radius 1 is 0.221 bits per heavy atom. The zero-order valence-corrected chi connectivity index (χ0v) is 50.1. The van der Waals surface area contributed by atoms with Crippen LogP contribution in [0.3, 0.4) is 0 Å². The molecule has 0 radical (unpaired) electrons. The Hall–Kier alpha value is -9.90. The summed E-state index contributed by atoms with van der Waals surface area (Å²) in [5.74, 6) is 3.35. The normalized spacial score (nSPS) is 12.8. The number of hydrogen-bond acceptors (Lipinski definition) is 4. The predicted molar refractivity (Wildman–Crippen MR) is 367 cm³/mol. The van der Waals surface area contributed by atoms with Gasteiger partial charge in [0.25, 0.3) is 0 Å². The molecule has 0 unspecified atom stereocenters. The summed E-state index contributed by atoms with van der Waals surface area (Å²) >= 11 is 0. The van der Waals surface area contributed by atoms with E-state index in [9.17, 15) is 0 Å².